The molecule has 1 rings (SSSR count). The molecule has 84 valence electrons. The summed E-state index contributed by atoms with van der Waals surface area (Å²) in [6.07, 6.45) is -3.92. The quantitative estimate of drug-likeness (QED) is 0.639. The van der Waals surface area contributed by atoms with Crippen molar-refractivity contribution in [1.82, 2.24) is 0 Å². The maximum absolute atomic E-state index is 12.0. The highest BCUT2D eigenvalue weighted by Gasteiger charge is 2.32. The van der Waals surface area contributed by atoms with E-state index in [0.29, 0.717) is 0 Å². The lowest BCUT2D eigenvalue weighted by molar-refractivity contribution is -0.274. The molecule has 1 N–H and O–H groups in total. The Morgan fingerprint density at radius 3 is 2.69 bits per heavy atom. The standard InChI is InChI=1S/C9H6F3N3O/c10-9(11,12)16-8-4-2-1-3-7(8)15-14-6-5-13/h1-4,6,15H/b14-6+. The Morgan fingerprint density at radius 1 is 1.38 bits per heavy atom. The van der Waals surface area contributed by atoms with E-state index in [4.69, 9.17) is 5.26 Å². The van der Waals surface area contributed by atoms with E-state index < -0.39 is 12.1 Å². The summed E-state index contributed by atoms with van der Waals surface area (Å²) in [5, 5.41) is 11.5. The molecule has 0 aromatic heterocycles. The molecule has 16 heavy (non-hydrogen) atoms. The monoisotopic (exact) mass is 229 g/mol. The van der Waals surface area contributed by atoms with Gasteiger partial charge in [-0.2, -0.15) is 10.4 Å². The van der Waals surface area contributed by atoms with Gasteiger partial charge in [0.25, 0.3) is 0 Å². The first kappa shape index (κ1) is 11.8. The molecule has 0 fully saturated rings. The van der Waals surface area contributed by atoms with Gasteiger partial charge in [0.15, 0.2) is 5.75 Å². The molecule has 7 heteroatoms. The Labute approximate surface area is 88.9 Å². The fourth-order valence-electron chi connectivity index (χ4n) is 0.903. The highest BCUT2D eigenvalue weighted by Crippen LogP contribution is 2.29. The van der Waals surface area contributed by atoms with Crippen LogP contribution in [-0.2, 0) is 0 Å². The number of benzene rings is 1. The molecule has 0 spiro atoms. The molecule has 4 nitrogen and oxygen atoms in total. The number of halogens is 3. The van der Waals surface area contributed by atoms with E-state index in [1.807, 2.05) is 0 Å². The molecule has 0 amide bonds. The highest BCUT2D eigenvalue weighted by molar-refractivity contribution is 5.76. The molecule has 0 aliphatic heterocycles. The van der Waals surface area contributed by atoms with Gasteiger partial charge in [-0.05, 0) is 12.1 Å². The Morgan fingerprint density at radius 2 is 2.06 bits per heavy atom. The van der Waals surface area contributed by atoms with E-state index in [9.17, 15) is 13.2 Å². The van der Waals surface area contributed by atoms with Crippen LogP contribution in [0.3, 0.4) is 0 Å². The van der Waals surface area contributed by atoms with Crippen molar-refractivity contribution in [2.45, 2.75) is 6.36 Å². The molecule has 1 aromatic rings. The van der Waals surface area contributed by atoms with Crippen molar-refractivity contribution >= 4 is 11.9 Å². The topological polar surface area (TPSA) is 57.4 Å². The van der Waals surface area contributed by atoms with Crippen LogP contribution in [0.5, 0.6) is 5.75 Å². The van der Waals surface area contributed by atoms with Crippen LogP contribution in [0.25, 0.3) is 0 Å². The van der Waals surface area contributed by atoms with Gasteiger partial charge in [-0.3, -0.25) is 5.43 Å². The van der Waals surface area contributed by atoms with E-state index in [-0.39, 0.29) is 5.69 Å². The number of nitrogens with one attached hydrogen (secondary N) is 1. The SMILES string of the molecule is N#C/C=N/Nc1ccccc1OC(F)(F)F. The molecule has 0 aliphatic carbocycles. The van der Waals surface area contributed by atoms with Gasteiger partial charge in [0, 0.05) is 0 Å². The summed E-state index contributed by atoms with van der Waals surface area (Å²) < 4.78 is 39.7. The number of anilines is 1. The van der Waals surface area contributed by atoms with Gasteiger partial charge in [-0.1, -0.05) is 12.1 Å². The van der Waals surface area contributed by atoms with Gasteiger partial charge in [-0.25, -0.2) is 0 Å². The van der Waals surface area contributed by atoms with E-state index in [1.54, 1.807) is 6.07 Å². The van der Waals surface area contributed by atoms with Crippen LogP contribution in [-0.4, -0.2) is 12.6 Å². The number of hydrazone groups is 1. The summed E-state index contributed by atoms with van der Waals surface area (Å²) in [5.74, 6) is -0.412. The summed E-state index contributed by atoms with van der Waals surface area (Å²) in [7, 11) is 0. The average Bonchev–Trinajstić information content (AvgIpc) is 2.19. The number of ether oxygens (including phenoxy) is 1. The predicted octanol–water partition coefficient (Wildman–Crippen LogP) is 2.51. The average molecular weight is 229 g/mol. The molecule has 0 saturated heterocycles. The third-order valence-corrected chi connectivity index (χ3v) is 1.42. The maximum Gasteiger partial charge on any atom is 0.573 e. The lowest BCUT2D eigenvalue weighted by Crippen LogP contribution is -2.17. The summed E-state index contributed by atoms with van der Waals surface area (Å²) in [6.45, 7) is 0. The van der Waals surface area contributed by atoms with E-state index in [0.717, 1.165) is 12.3 Å². The second kappa shape index (κ2) is 5.02. The van der Waals surface area contributed by atoms with Crippen molar-refractivity contribution in [3.05, 3.63) is 24.3 Å². The lowest BCUT2D eigenvalue weighted by atomic mass is 10.3. The normalized spacial score (nSPS) is 11.1. The third-order valence-electron chi connectivity index (χ3n) is 1.42. The predicted molar refractivity (Wildman–Crippen MR) is 50.9 cm³/mol. The van der Waals surface area contributed by atoms with E-state index >= 15 is 0 Å². The smallest absolute Gasteiger partial charge is 0.404 e. The minimum atomic E-state index is -4.77. The highest BCUT2D eigenvalue weighted by atomic mass is 19.4. The largest absolute Gasteiger partial charge is 0.573 e. The second-order valence-electron chi connectivity index (χ2n) is 2.54. The fourth-order valence-corrected chi connectivity index (χ4v) is 0.903. The Bertz CT molecular complexity index is 423. The molecular weight excluding hydrogens is 223 g/mol. The molecule has 0 bridgehead atoms. The van der Waals surface area contributed by atoms with Gasteiger partial charge in [0.1, 0.15) is 12.3 Å². The van der Waals surface area contributed by atoms with E-state index in [1.165, 1.54) is 18.2 Å². The van der Waals surface area contributed by atoms with Gasteiger partial charge in [0.2, 0.25) is 0 Å². The van der Waals surface area contributed by atoms with Crippen molar-refractivity contribution in [1.29, 1.82) is 5.26 Å². The van der Waals surface area contributed by atoms with Crippen LogP contribution < -0.4 is 10.2 Å². The van der Waals surface area contributed by atoms with Crippen LogP contribution in [0.15, 0.2) is 29.4 Å². The van der Waals surface area contributed by atoms with Crippen molar-refractivity contribution in [3.63, 3.8) is 0 Å². The van der Waals surface area contributed by atoms with E-state index in [2.05, 4.69) is 15.3 Å². The second-order valence-corrected chi connectivity index (χ2v) is 2.54. The van der Waals surface area contributed by atoms with Crippen LogP contribution >= 0.6 is 0 Å². The minimum Gasteiger partial charge on any atom is -0.404 e. The molecule has 0 aliphatic rings. The van der Waals surface area contributed by atoms with Gasteiger partial charge in [-0.15, -0.1) is 13.2 Å². The first-order valence-electron chi connectivity index (χ1n) is 4.05. The molecule has 0 radical (unpaired) electrons. The van der Waals surface area contributed by atoms with Crippen molar-refractivity contribution in [3.8, 4) is 11.8 Å². The summed E-state index contributed by atoms with van der Waals surface area (Å²) >= 11 is 0. The third kappa shape index (κ3) is 3.88. The number of nitrogens with zero attached hydrogens (tertiary/aromatic N) is 2. The number of hydrogen-bond donors (Lipinski definition) is 1. The molecule has 0 heterocycles. The maximum atomic E-state index is 12.0. The first-order chi connectivity index (χ1) is 7.53. The summed E-state index contributed by atoms with van der Waals surface area (Å²) in [4.78, 5) is 0. The number of nitriles is 1. The fraction of sp³-hybridized carbons (Fsp3) is 0.111. The zero-order valence-corrected chi connectivity index (χ0v) is 7.82. The summed E-state index contributed by atoms with van der Waals surface area (Å²) in [6, 6.07) is 6.96. The Balaban J connectivity index is 2.84. The van der Waals surface area contributed by atoms with Crippen LogP contribution in [0.2, 0.25) is 0 Å². The van der Waals surface area contributed by atoms with Crippen molar-refractivity contribution < 1.29 is 17.9 Å². The van der Waals surface area contributed by atoms with Crippen LogP contribution in [0.4, 0.5) is 18.9 Å². The minimum absolute atomic E-state index is 0.0197. The molecule has 0 atom stereocenters. The van der Waals surface area contributed by atoms with Gasteiger partial charge in [0.05, 0.1) is 5.69 Å². The van der Waals surface area contributed by atoms with Gasteiger partial charge >= 0.3 is 6.36 Å². The number of para-hydroxylation sites is 2. The molecule has 0 saturated carbocycles. The molecule has 0 unspecified atom stereocenters. The van der Waals surface area contributed by atoms with Crippen molar-refractivity contribution in [2.24, 2.45) is 5.10 Å². The first-order valence-corrected chi connectivity index (χ1v) is 4.05. The Hall–Kier alpha value is -2.23. The number of hydrogen-bond acceptors (Lipinski definition) is 4. The number of rotatable bonds is 3. The van der Waals surface area contributed by atoms with Crippen LogP contribution in [0.1, 0.15) is 0 Å². The molecule has 1 aromatic carbocycles. The Kier molecular flexibility index (Phi) is 3.72. The van der Waals surface area contributed by atoms with Gasteiger partial charge < -0.3 is 4.74 Å². The van der Waals surface area contributed by atoms with Crippen molar-refractivity contribution in [2.75, 3.05) is 5.43 Å². The molecular formula is C9H6F3N3O. The zero-order valence-electron chi connectivity index (χ0n) is 7.82. The summed E-state index contributed by atoms with van der Waals surface area (Å²) in [5.41, 5.74) is 2.28. The lowest BCUT2D eigenvalue weighted by Gasteiger charge is -2.11. The zero-order chi connectivity index (χ0) is 12.0. The van der Waals surface area contributed by atoms with Crippen LogP contribution in [0, 0.1) is 11.3 Å². The number of alkyl halides is 3.